The van der Waals surface area contributed by atoms with Crippen LogP contribution < -0.4 is 4.74 Å². The van der Waals surface area contributed by atoms with Crippen molar-refractivity contribution in [2.24, 2.45) is 0 Å². The molecule has 2 aromatic rings. The van der Waals surface area contributed by atoms with Gasteiger partial charge in [0.05, 0.1) is 6.10 Å². The molecule has 1 atom stereocenters. The predicted octanol–water partition coefficient (Wildman–Crippen LogP) is 3.93. The third-order valence-corrected chi connectivity index (χ3v) is 3.23. The van der Waals surface area contributed by atoms with E-state index in [9.17, 15) is 5.11 Å². The summed E-state index contributed by atoms with van der Waals surface area (Å²) >= 11 is 3.39. The Hall–Kier alpha value is -1.76. The molecule has 0 bridgehead atoms. The number of benzene rings is 2. The first-order chi connectivity index (χ1) is 9.66. The van der Waals surface area contributed by atoms with Crippen molar-refractivity contribution in [3.63, 3.8) is 0 Å². The minimum absolute atomic E-state index is 0.283. The van der Waals surface area contributed by atoms with Gasteiger partial charge in [-0.05, 0) is 31.2 Å². The quantitative estimate of drug-likeness (QED) is 0.864. The lowest BCUT2D eigenvalue weighted by atomic mass is 10.1. The predicted molar refractivity (Wildman–Crippen MR) is 83.6 cm³/mol. The molecule has 0 spiro atoms. The zero-order valence-electron chi connectivity index (χ0n) is 11.1. The molecule has 0 fully saturated rings. The van der Waals surface area contributed by atoms with Gasteiger partial charge in [-0.3, -0.25) is 0 Å². The summed E-state index contributed by atoms with van der Waals surface area (Å²) in [6.45, 7) is 2.00. The number of halogens is 1. The molecule has 2 rings (SSSR count). The highest BCUT2D eigenvalue weighted by atomic mass is 79.9. The summed E-state index contributed by atoms with van der Waals surface area (Å²) in [5, 5.41) is 9.70. The van der Waals surface area contributed by atoms with Gasteiger partial charge in [0.1, 0.15) is 12.4 Å². The second-order valence-corrected chi connectivity index (χ2v) is 5.23. The summed E-state index contributed by atoms with van der Waals surface area (Å²) < 4.78 is 6.55. The van der Waals surface area contributed by atoms with Crippen LogP contribution in [-0.2, 0) is 0 Å². The van der Waals surface area contributed by atoms with Crippen molar-refractivity contribution in [3.8, 4) is 17.6 Å². The number of aliphatic hydroxyl groups excluding tert-OH is 1. The maximum Gasteiger partial charge on any atom is 0.149 e. The van der Waals surface area contributed by atoms with E-state index in [-0.39, 0.29) is 6.61 Å². The average molecular weight is 331 g/mol. The second-order valence-electron chi connectivity index (χ2n) is 4.31. The van der Waals surface area contributed by atoms with Crippen LogP contribution in [0.4, 0.5) is 0 Å². The van der Waals surface area contributed by atoms with Crippen LogP contribution in [0.1, 0.15) is 24.2 Å². The topological polar surface area (TPSA) is 29.5 Å². The van der Waals surface area contributed by atoms with Gasteiger partial charge in [-0.25, -0.2) is 0 Å². The molecule has 0 aromatic heterocycles. The van der Waals surface area contributed by atoms with Crippen molar-refractivity contribution in [1.29, 1.82) is 0 Å². The molecule has 0 amide bonds. The summed E-state index contributed by atoms with van der Waals surface area (Å²) in [4.78, 5) is 0. The van der Waals surface area contributed by atoms with Crippen molar-refractivity contribution in [1.82, 2.24) is 0 Å². The second kappa shape index (κ2) is 7.14. The number of aliphatic hydroxyl groups is 1. The Morgan fingerprint density at radius 2 is 1.95 bits per heavy atom. The monoisotopic (exact) mass is 330 g/mol. The van der Waals surface area contributed by atoms with Gasteiger partial charge < -0.3 is 9.84 Å². The number of ether oxygens (including phenoxy) is 1. The minimum Gasteiger partial charge on any atom is -0.481 e. The van der Waals surface area contributed by atoms with Crippen LogP contribution >= 0.6 is 15.9 Å². The largest absolute Gasteiger partial charge is 0.481 e. The molecule has 0 heterocycles. The normalized spacial score (nSPS) is 11.3. The van der Waals surface area contributed by atoms with Crippen LogP contribution in [0.25, 0.3) is 0 Å². The molecule has 0 radical (unpaired) electrons. The molecule has 0 saturated heterocycles. The zero-order chi connectivity index (χ0) is 14.4. The van der Waals surface area contributed by atoms with Gasteiger partial charge in [-0.2, -0.15) is 0 Å². The Balaban J connectivity index is 2.05. The molecule has 20 heavy (non-hydrogen) atoms. The summed E-state index contributed by atoms with van der Waals surface area (Å²) in [5.74, 6) is 6.65. The molecular weight excluding hydrogens is 316 g/mol. The standard InChI is InChI=1S/C17H15BrO2/c1-13(19)16-10-9-15(18)12-17(16)20-11-5-8-14-6-3-2-4-7-14/h2-4,6-7,9-10,12-13,19H,11H2,1H3/t13-/m0/s1. The maximum absolute atomic E-state index is 9.70. The SMILES string of the molecule is C[C@H](O)c1ccc(Br)cc1OCC#Cc1ccccc1. The van der Waals surface area contributed by atoms with E-state index in [1.165, 1.54) is 0 Å². The first-order valence-corrected chi connectivity index (χ1v) is 7.10. The molecule has 102 valence electrons. The Bertz CT molecular complexity index is 624. The van der Waals surface area contributed by atoms with E-state index in [1.54, 1.807) is 6.92 Å². The van der Waals surface area contributed by atoms with Gasteiger partial charge in [-0.1, -0.05) is 52.0 Å². The Morgan fingerprint density at radius 1 is 1.20 bits per heavy atom. The molecule has 0 saturated carbocycles. The fourth-order valence-corrected chi connectivity index (χ4v) is 2.09. The lowest BCUT2D eigenvalue weighted by Crippen LogP contribution is -2.00. The highest BCUT2D eigenvalue weighted by Crippen LogP contribution is 2.28. The molecule has 3 heteroatoms. The van der Waals surface area contributed by atoms with Crippen LogP contribution in [0.2, 0.25) is 0 Å². The lowest BCUT2D eigenvalue weighted by molar-refractivity contribution is 0.193. The van der Waals surface area contributed by atoms with Crippen molar-refractivity contribution in [2.45, 2.75) is 13.0 Å². The van der Waals surface area contributed by atoms with Crippen LogP contribution in [0.5, 0.6) is 5.75 Å². The smallest absolute Gasteiger partial charge is 0.149 e. The first-order valence-electron chi connectivity index (χ1n) is 6.31. The van der Waals surface area contributed by atoms with E-state index in [1.807, 2.05) is 48.5 Å². The highest BCUT2D eigenvalue weighted by Gasteiger charge is 2.09. The van der Waals surface area contributed by atoms with Crippen LogP contribution in [-0.4, -0.2) is 11.7 Å². The van der Waals surface area contributed by atoms with Crippen molar-refractivity contribution in [3.05, 3.63) is 64.1 Å². The lowest BCUT2D eigenvalue weighted by Gasteiger charge is -2.12. The molecule has 0 aliphatic rings. The first kappa shape index (κ1) is 14.6. The third-order valence-electron chi connectivity index (χ3n) is 2.73. The summed E-state index contributed by atoms with van der Waals surface area (Å²) in [7, 11) is 0. The highest BCUT2D eigenvalue weighted by molar-refractivity contribution is 9.10. The van der Waals surface area contributed by atoms with Crippen LogP contribution in [0, 0.1) is 11.8 Å². The zero-order valence-corrected chi connectivity index (χ0v) is 12.7. The maximum atomic E-state index is 9.70. The van der Waals surface area contributed by atoms with Gasteiger partial charge in [0.2, 0.25) is 0 Å². The van der Waals surface area contributed by atoms with E-state index < -0.39 is 6.10 Å². The van der Waals surface area contributed by atoms with Crippen molar-refractivity contribution >= 4 is 15.9 Å². The number of hydrogen-bond acceptors (Lipinski definition) is 2. The molecule has 0 unspecified atom stereocenters. The van der Waals surface area contributed by atoms with E-state index in [0.717, 1.165) is 15.6 Å². The average Bonchev–Trinajstić information content (AvgIpc) is 2.44. The minimum atomic E-state index is -0.569. The molecule has 1 N–H and O–H groups in total. The molecular formula is C17H15BrO2. The van der Waals surface area contributed by atoms with Gasteiger partial charge in [0.15, 0.2) is 0 Å². The third kappa shape index (κ3) is 4.12. The van der Waals surface area contributed by atoms with Gasteiger partial charge >= 0.3 is 0 Å². The number of hydrogen-bond donors (Lipinski definition) is 1. The molecule has 2 aromatic carbocycles. The van der Waals surface area contributed by atoms with E-state index in [4.69, 9.17) is 4.74 Å². The Kier molecular flexibility index (Phi) is 5.23. The van der Waals surface area contributed by atoms with Gasteiger partial charge in [0.25, 0.3) is 0 Å². The summed E-state index contributed by atoms with van der Waals surface area (Å²) in [6, 6.07) is 15.3. The Labute approximate surface area is 127 Å². The fraction of sp³-hybridized carbons (Fsp3) is 0.176. The van der Waals surface area contributed by atoms with E-state index >= 15 is 0 Å². The van der Waals surface area contributed by atoms with Gasteiger partial charge in [0, 0.05) is 15.6 Å². The molecule has 0 aliphatic heterocycles. The van der Waals surface area contributed by atoms with Crippen LogP contribution in [0.15, 0.2) is 53.0 Å². The Morgan fingerprint density at radius 3 is 2.65 bits per heavy atom. The van der Waals surface area contributed by atoms with Gasteiger partial charge in [-0.15, -0.1) is 0 Å². The van der Waals surface area contributed by atoms with E-state index in [0.29, 0.717) is 5.75 Å². The fourth-order valence-electron chi connectivity index (χ4n) is 1.75. The molecule has 0 aliphatic carbocycles. The van der Waals surface area contributed by atoms with Crippen molar-refractivity contribution in [2.75, 3.05) is 6.61 Å². The summed E-state index contributed by atoms with van der Waals surface area (Å²) in [5.41, 5.74) is 1.72. The van der Waals surface area contributed by atoms with Crippen LogP contribution in [0.3, 0.4) is 0 Å². The van der Waals surface area contributed by atoms with E-state index in [2.05, 4.69) is 27.8 Å². The molecule has 2 nitrogen and oxygen atoms in total. The number of rotatable bonds is 3. The van der Waals surface area contributed by atoms with Crippen molar-refractivity contribution < 1.29 is 9.84 Å². The summed E-state index contributed by atoms with van der Waals surface area (Å²) in [6.07, 6.45) is -0.569.